The maximum atomic E-state index is 3.90. The second-order valence-corrected chi connectivity index (χ2v) is 7.97. The zero-order valence-corrected chi connectivity index (χ0v) is 37.2. The number of rotatable bonds is 3. The van der Waals surface area contributed by atoms with Crippen LogP contribution in [0.2, 0.25) is 0 Å². The van der Waals surface area contributed by atoms with Crippen molar-refractivity contribution >= 4 is 0 Å². The van der Waals surface area contributed by atoms with Crippen LogP contribution in [0.5, 0.6) is 0 Å². The number of hydrogen-bond acceptors (Lipinski definition) is 0. The molecule has 0 saturated carbocycles. The van der Waals surface area contributed by atoms with E-state index in [-0.39, 0.29) is 98.1 Å². The van der Waals surface area contributed by atoms with E-state index >= 15 is 0 Å². The molecule has 0 unspecified atom stereocenters. The molecule has 0 N–H and O–H groups in total. The van der Waals surface area contributed by atoms with Crippen LogP contribution in [0.3, 0.4) is 0 Å². The number of benzene rings is 4. The Balaban J connectivity index is -0.000000102. The first-order chi connectivity index (χ1) is 18.9. The fraction of sp³-hybridized carbons (Fsp3) is 0.333. The smallest absolute Gasteiger partial charge is 0 e. The maximum absolute atomic E-state index is 3.90. The minimum Gasteiger partial charge on any atom is -0.199 e. The monoisotopic (exact) mass is 791 g/mol. The van der Waals surface area contributed by atoms with Gasteiger partial charge in [-0.25, -0.2) is 0 Å². The van der Waals surface area contributed by atoms with Gasteiger partial charge in [0.2, 0.25) is 0 Å². The summed E-state index contributed by atoms with van der Waals surface area (Å²) in [6, 6.07) is 38.7. The van der Waals surface area contributed by atoms with Gasteiger partial charge in [-0.1, -0.05) is 88.3 Å². The third-order valence-electron chi connectivity index (χ3n) is 4.45. The summed E-state index contributed by atoms with van der Waals surface area (Å²) in [6.45, 7) is 30.2. The van der Waals surface area contributed by atoms with Gasteiger partial charge in [0, 0.05) is 98.1 Å². The Bertz CT molecular complexity index is 996. The van der Waals surface area contributed by atoms with Gasteiger partial charge in [0.15, 0.2) is 0 Å². The summed E-state index contributed by atoms with van der Waals surface area (Å²) in [5.74, 6) is 0.735. The van der Waals surface area contributed by atoms with E-state index in [1.54, 1.807) is 0 Å². The van der Waals surface area contributed by atoms with Crippen molar-refractivity contribution in [3.05, 3.63) is 145 Å². The van der Waals surface area contributed by atoms with Crippen molar-refractivity contribution in [2.24, 2.45) is 5.92 Å². The standard InChI is InChI=1S/C13H10.C10H13.C8H9.4C2H6.3Y/c1-11-6-5-9-13(10-11)12-7-3-2-4-8-12;1-9(2)8-10-6-4-3-5-7-10;1-7-4-3-5-8(2)6-7;4*1-2;;;/h2-3,5-10H,1H2;3-6,9H,8H2,1-2H3;3-6H,1H2,2H3;4*1-2H3;;;/q-2;2*-1;;;;;;;. The average Bonchev–Trinajstić information content (AvgIpc) is 2.99. The molecule has 225 valence electrons. The first kappa shape index (κ1) is 54.4. The van der Waals surface area contributed by atoms with E-state index in [0.717, 1.165) is 23.5 Å². The van der Waals surface area contributed by atoms with E-state index in [9.17, 15) is 0 Å². The summed E-state index contributed by atoms with van der Waals surface area (Å²) >= 11 is 0. The summed E-state index contributed by atoms with van der Waals surface area (Å²) < 4.78 is 0. The van der Waals surface area contributed by atoms with Crippen LogP contribution in [0.4, 0.5) is 0 Å². The molecule has 0 aliphatic heterocycles. The second kappa shape index (κ2) is 40.9. The third-order valence-corrected chi connectivity index (χ3v) is 4.45. The molecule has 0 aromatic heterocycles. The van der Waals surface area contributed by atoms with Gasteiger partial charge in [-0.3, -0.25) is 0 Å². The molecule has 0 fully saturated rings. The molecule has 4 rings (SSSR count). The Morgan fingerprint density at radius 2 is 1.12 bits per heavy atom. The summed E-state index contributed by atoms with van der Waals surface area (Å²) in [5.41, 5.74) is 7.11. The molecular formula is C39H56Y3-4. The molecule has 4 aromatic rings. The summed E-state index contributed by atoms with van der Waals surface area (Å²) in [5, 5.41) is 0. The minimum absolute atomic E-state index is 0. The van der Waals surface area contributed by atoms with Crippen LogP contribution in [0.1, 0.15) is 91.5 Å². The normalized spacial score (nSPS) is 7.81. The van der Waals surface area contributed by atoms with Crippen LogP contribution in [0.15, 0.2) is 97.1 Å². The Kier molecular flexibility index (Phi) is 53.0. The topological polar surface area (TPSA) is 0 Å². The molecule has 0 amide bonds. The zero-order valence-electron chi connectivity index (χ0n) is 28.7. The molecule has 0 aliphatic carbocycles. The van der Waals surface area contributed by atoms with E-state index in [4.69, 9.17) is 0 Å². The Morgan fingerprint density at radius 1 is 0.595 bits per heavy atom. The van der Waals surface area contributed by atoms with Crippen LogP contribution in [0.25, 0.3) is 11.1 Å². The van der Waals surface area contributed by atoms with Crippen molar-refractivity contribution in [3.8, 4) is 11.1 Å². The van der Waals surface area contributed by atoms with E-state index in [1.807, 2.05) is 110 Å². The first-order valence-electron chi connectivity index (χ1n) is 14.7. The predicted molar refractivity (Wildman–Crippen MR) is 180 cm³/mol. The minimum atomic E-state index is 0. The maximum Gasteiger partial charge on any atom is 0 e. The van der Waals surface area contributed by atoms with Crippen molar-refractivity contribution in [2.75, 3.05) is 0 Å². The van der Waals surface area contributed by atoms with Gasteiger partial charge >= 0.3 is 0 Å². The van der Waals surface area contributed by atoms with Crippen molar-refractivity contribution in [3.63, 3.8) is 0 Å². The van der Waals surface area contributed by atoms with Crippen molar-refractivity contribution < 1.29 is 98.1 Å². The van der Waals surface area contributed by atoms with Crippen molar-refractivity contribution in [1.29, 1.82) is 0 Å². The molecule has 0 nitrogen and oxygen atoms in total. The van der Waals surface area contributed by atoms with Crippen molar-refractivity contribution in [2.45, 2.75) is 82.6 Å². The molecule has 3 heteroatoms. The van der Waals surface area contributed by atoms with Gasteiger partial charge < -0.3 is 0 Å². The predicted octanol–water partition coefficient (Wildman–Crippen LogP) is 12.3. The van der Waals surface area contributed by atoms with E-state index in [2.05, 4.69) is 89.2 Å². The summed E-state index contributed by atoms with van der Waals surface area (Å²) in [4.78, 5) is 0. The molecule has 0 bridgehead atoms. The molecular weight excluding hydrogens is 735 g/mol. The van der Waals surface area contributed by atoms with E-state index < -0.39 is 0 Å². The third kappa shape index (κ3) is 31.4. The van der Waals surface area contributed by atoms with Gasteiger partial charge in [-0.15, -0.1) is 28.8 Å². The molecule has 4 aromatic carbocycles. The summed E-state index contributed by atoms with van der Waals surface area (Å²) in [6.07, 6.45) is 1.14. The van der Waals surface area contributed by atoms with Crippen LogP contribution >= 0.6 is 0 Å². The second-order valence-electron chi connectivity index (χ2n) is 7.97. The molecule has 0 spiro atoms. The van der Waals surface area contributed by atoms with Gasteiger partial charge in [0.25, 0.3) is 0 Å². The van der Waals surface area contributed by atoms with Gasteiger partial charge in [-0.2, -0.15) is 115 Å². The number of aryl methyl sites for hydroxylation is 1. The van der Waals surface area contributed by atoms with Gasteiger partial charge in [0.1, 0.15) is 0 Å². The van der Waals surface area contributed by atoms with E-state index in [0.29, 0.717) is 0 Å². The average molecular weight is 792 g/mol. The number of hydrogen-bond donors (Lipinski definition) is 0. The molecule has 0 aliphatic rings. The molecule has 0 saturated heterocycles. The quantitative estimate of drug-likeness (QED) is 0.181. The van der Waals surface area contributed by atoms with Gasteiger partial charge in [0.05, 0.1) is 0 Å². The first-order valence-corrected chi connectivity index (χ1v) is 14.7. The van der Waals surface area contributed by atoms with Crippen molar-refractivity contribution in [1.82, 2.24) is 0 Å². The van der Waals surface area contributed by atoms with Gasteiger partial charge in [-0.05, 0) is 12.3 Å². The fourth-order valence-electron chi connectivity index (χ4n) is 3.03. The van der Waals surface area contributed by atoms with E-state index in [1.165, 1.54) is 22.3 Å². The molecule has 3 radical (unpaired) electrons. The van der Waals surface area contributed by atoms with Crippen LogP contribution < -0.4 is 0 Å². The summed E-state index contributed by atoms with van der Waals surface area (Å²) in [7, 11) is 0. The van der Waals surface area contributed by atoms with Crippen LogP contribution in [-0.2, 0) is 105 Å². The van der Waals surface area contributed by atoms with Crippen LogP contribution in [0, 0.1) is 38.8 Å². The van der Waals surface area contributed by atoms with Crippen LogP contribution in [-0.4, -0.2) is 0 Å². The molecule has 0 atom stereocenters. The Morgan fingerprint density at radius 3 is 1.50 bits per heavy atom. The molecule has 42 heavy (non-hydrogen) atoms. The zero-order chi connectivity index (χ0) is 30.5. The fourth-order valence-corrected chi connectivity index (χ4v) is 3.03. The Hall–Kier alpha value is -0.0683. The largest absolute Gasteiger partial charge is 0.199 e. The molecule has 0 heterocycles. The SMILES string of the molecule is CC.CC.CC.CC.CC(C)Cc1[c-]cccc1.[CH2-]c1cccc(-c2c[c-]ccc2)c1.[CH2-]c1cccc(C)c1.[Y].[Y].[Y]. The Labute approximate surface area is 338 Å².